The lowest BCUT2D eigenvalue weighted by Crippen LogP contribution is -2.14. The van der Waals surface area contributed by atoms with Crippen LogP contribution in [0.3, 0.4) is 0 Å². The summed E-state index contributed by atoms with van der Waals surface area (Å²) in [5.74, 6) is 0.575. The summed E-state index contributed by atoms with van der Waals surface area (Å²) in [7, 11) is 0. The Kier molecular flexibility index (Phi) is 3.72. The maximum Gasteiger partial charge on any atom is 0.0349 e. The first kappa shape index (κ1) is 12.9. The van der Waals surface area contributed by atoms with Crippen molar-refractivity contribution in [1.29, 1.82) is 0 Å². The Morgan fingerprint density at radius 2 is 1.95 bits per heavy atom. The van der Waals surface area contributed by atoms with Crippen molar-refractivity contribution in [2.45, 2.75) is 45.2 Å². The summed E-state index contributed by atoms with van der Waals surface area (Å²) in [5, 5.41) is 3.59. The molecular formula is C17H21NS. The van der Waals surface area contributed by atoms with Crippen molar-refractivity contribution >= 4 is 11.3 Å². The van der Waals surface area contributed by atoms with E-state index in [4.69, 9.17) is 0 Å². The molecule has 3 rings (SSSR count). The van der Waals surface area contributed by atoms with E-state index in [0.29, 0.717) is 5.92 Å². The number of rotatable bonds is 5. The predicted molar refractivity (Wildman–Crippen MR) is 83.7 cm³/mol. The van der Waals surface area contributed by atoms with E-state index in [1.807, 2.05) is 11.3 Å². The smallest absolute Gasteiger partial charge is 0.0349 e. The van der Waals surface area contributed by atoms with Crippen molar-refractivity contribution in [1.82, 2.24) is 5.32 Å². The summed E-state index contributed by atoms with van der Waals surface area (Å²) in [6.45, 7) is 5.56. The van der Waals surface area contributed by atoms with Gasteiger partial charge in [0.25, 0.3) is 0 Å². The lowest BCUT2D eigenvalue weighted by Gasteiger charge is -2.10. The van der Waals surface area contributed by atoms with Crippen LogP contribution in [0.2, 0.25) is 0 Å². The lowest BCUT2D eigenvalue weighted by molar-refractivity contribution is 0.695. The summed E-state index contributed by atoms with van der Waals surface area (Å²) in [6.07, 6.45) is 2.71. The molecule has 1 saturated carbocycles. The highest BCUT2D eigenvalue weighted by molar-refractivity contribution is 7.15. The first-order valence-electron chi connectivity index (χ1n) is 7.15. The highest BCUT2D eigenvalue weighted by Gasteiger charge is 2.20. The van der Waals surface area contributed by atoms with E-state index in [1.54, 1.807) is 0 Å². The minimum Gasteiger partial charge on any atom is -0.309 e. The molecule has 2 heteroatoms. The normalized spacial score (nSPS) is 15.1. The molecule has 1 fully saturated rings. The maximum absolute atomic E-state index is 3.59. The van der Waals surface area contributed by atoms with Gasteiger partial charge in [0, 0.05) is 22.3 Å². The van der Waals surface area contributed by atoms with Crippen LogP contribution in [-0.2, 0) is 6.54 Å². The van der Waals surface area contributed by atoms with Crippen LogP contribution in [0.15, 0.2) is 36.4 Å². The minimum atomic E-state index is 0.575. The van der Waals surface area contributed by atoms with Gasteiger partial charge in [0.1, 0.15) is 0 Å². The van der Waals surface area contributed by atoms with Crippen LogP contribution in [0, 0.1) is 0 Å². The van der Waals surface area contributed by atoms with Gasteiger partial charge in [-0.3, -0.25) is 0 Å². The van der Waals surface area contributed by atoms with Gasteiger partial charge in [0.05, 0.1) is 0 Å². The average Bonchev–Trinajstić information content (AvgIpc) is 3.13. The SMILES string of the molecule is CC(C)c1ccccc1-c1ccc(CNC2CC2)s1. The van der Waals surface area contributed by atoms with E-state index in [2.05, 4.69) is 55.6 Å². The third kappa shape index (κ3) is 3.07. The van der Waals surface area contributed by atoms with E-state index in [0.717, 1.165) is 12.6 Å². The molecule has 0 bridgehead atoms. The fraction of sp³-hybridized carbons (Fsp3) is 0.412. The lowest BCUT2D eigenvalue weighted by atomic mass is 9.96. The maximum atomic E-state index is 3.59. The van der Waals surface area contributed by atoms with E-state index in [-0.39, 0.29) is 0 Å². The molecule has 0 unspecified atom stereocenters. The molecule has 2 aromatic rings. The molecule has 19 heavy (non-hydrogen) atoms. The first-order valence-corrected chi connectivity index (χ1v) is 7.97. The molecule has 1 aliphatic carbocycles. The van der Waals surface area contributed by atoms with Crippen molar-refractivity contribution in [3.8, 4) is 10.4 Å². The molecule has 0 amide bonds. The highest BCUT2D eigenvalue weighted by atomic mass is 32.1. The van der Waals surface area contributed by atoms with E-state index in [1.165, 1.54) is 33.7 Å². The summed E-state index contributed by atoms with van der Waals surface area (Å²) in [6, 6.07) is 14.1. The Bertz CT molecular complexity index is 552. The van der Waals surface area contributed by atoms with Crippen LogP contribution in [0.1, 0.15) is 43.0 Å². The minimum absolute atomic E-state index is 0.575. The topological polar surface area (TPSA) is 12.0 Å². The van der Waals surface area contributed by atoms with Crippen molar-refractivity contribution in [2.24, 2.45) is 0 Å². The second-order valence-corrected chi connectivity index (χ2v) is 6.83. The zero-order valence-corrected chi connectivity index (χ0v) is 12.5. The molecule has 0 spiro atoms. The molecular weight excluding hydrogens is 250 g/mol. The molecule has 1 heterocycles. The van der Waals surface area contributed by atoms with Crippen LogP contribution >= 0.6 is 11.3 Å². The monoisotopic (exact) mass is 271 g/mol. The van der Waals surface area contributed by atoms with Crippen molar-refractivity contribution in [3.05, 3.63) is 46.8 Å². The fourth-order valence-corrected chi connectivity index (χ4v) is 3.38. The fourth-order valence-electron chi connectivity index (χ4n) is 2.37. The molecule has 1 N–H and O–H groups in total. The number of hydrogen-bond donors (Lipinski definition) is 1. The third-order valence-electron chi connectivity index (χ3n) is 3.65. The average molecular weight is 271 g/mol. The molecule has 0 atom stereocenters. The quantitative estimate of drug-likeness (QED) is 0.824. The number of nitrogens with one attached hydrogen (secondary N) is 1. The molecule has 0 radical (unpaired) electrons. The molecule has 0 aliphatic heterocycles. The number of benzene rings is 1. The van der Waals surface area contributed by atoms with Gasteiger partial charge in [-0.05, 0) is 42.0 Å². The summed E-state index contributed by atoms with van der Waals surface area (Å²) >= 11 is 1.92. The third-order valence-corrected chi connectivity index (χ3v) is 4.77. The summed E-state index contributed by atoms with van der Waals surface area (Å²) in [4.78, 5) is 2.84. The van der Waals surface area contributed by atoms with Gasteiger partial charge < -0.3 is 5.32 Å². The van der Waals surface area contributed by atoms with Crippen LogP contribution in [-0.4, -0.2) is 6.04 Å². The van der Waals surface area contributed by atoms with Gasteiger partial charge in [-0.1, -0.05) is 38.1 Å². The van der Waals surface area contributed by atoms with Crippen molar-refractivity contribution in [2.75, 3.05) is 0 Å². The van der Waals surface area contributed by atoms with Gasteiger partial charge >= 0.3 is 0 Å². The Balaban J connectivity index is 1.81. The second-order valence-electron chi connectivity index (χ2n) is 5.66. The van der Waals surface area contributed by atoms with Gasteiger partial charge in [0.2, 0.25) is 0 Å². The highest BCUT2D eigenvalue weighted by Crippen LogP contribution is 2.34. The second kappa shape index (κ2) is 5.48. The van der Waals surface area contributed by atoms with Gasteiger partial charge in [-0.15, -0.1) is 11.3 Å². The van der Waals surface area contributed by atoms with Gasteiger partial charge in [-0.2, -0.15) is 0 Å². The molecule has 1 aromatic carbocycles. The molecule has 0 saturated heterocycles. The Morgan fingerprint density at radius 1 is 1.16 bits per heavy atom. The van der Waals surface area contributed by atoms with E-state index in [9.17, 15) is 0 Å². The van der Waals surface area contributed by atoms with E-state index < -0.39 is 0 Å². The number of thiophene rings is 1. The van der Waals surface area contributed by atoms with Crippen LogP contribution in [0.4, 0.5) is 0 Å². The van der Waals surface area contributed by atoms with Gasteiger partial charge in [0.15, 0.2) is 0 Å². The Labute approximate surface area is 119 Å². The van der Waals surface area contributed by atoms with Crippen LogP contribution in [0.5, 0.6) is 0 Å². The zero-order valence-electron chi connectivity index (χ0n) is 11.6. The summed E-state index contributed by atoms with van der Waals surface area (Å²) < 4.78 is 0. The van der Waals surface area contributed by atoms with Gasteiger partial charge in [-0.25, -0.2) is 0 Å². The Hall–Kier alpha value is -1.12. The van der Waals surface area contributed by atoms with Crippen molar-refractivity contribution in [3.63, 3.8) is 0 Å². The van der Waals surface area contributed by atoms with Crippen LogP contribution < -0.4 is 5.32 Å². The zero-order chi connectivity index (χ0) is 13.2. The first-order chi connectivity index (χ1) is 9.24. The van der Waals surface area contributed by atoms with Crippen molar-refractivity contribution < 1.29 is 0 Å². The Morgan fingerprint density at radius 3 is 2.68 bits per heavy atom. The molecule has 1 aliphatic rings. The van der Waals surface area contributed by atoms with E-state index >= 15 is 0 Å². The molecule has 1 nitrogen and oxygen atoms in total. The standard InChI is InChI=1S/C17H21NS/c1-12(2)15-5-3-4-6-16(15)17-10-9-14(19-17)11-18-13-7-8-13/h3-6,9-10,12-13,18H,7-8,11H2,1-2H3. The molecule has 1 aromatic heterocycles. The largest absolute Gasteiger partial charge is 0.309 e. The van der Waals surface area contributed by atoms with Crippen LogP contribution in [0.25, 0.3) is 10.4 Å². The predicted octanol–water partition coefficient (Wildman–Crippen LogP) is 4.79. The molecule has 100 valence electrons. The number of hydrogen-bond acceptors (Lipinski definition) is 2. The summed E-state index contributed by atoms with van der Waals surface area (Å²) in [5.41, 5.74) is 2.85.